The maximum absolute atomic E-state index is 12.8. The maximum atomic E-state index is 12.8. The van der Waals surface area contributed by atoms with E-state index in [-0.39, 0.29) is 24.2 Å². The first-order valence-corrected chi connectivity index (χ1v) is 12.9. The van der Waals surface area contributed by atoms with E-state index in [2.05, 4.69) is 15.0 Å². The third-order valence-corrected chi connectivity index (χ3v) is 6.91. The van der Waals surface area contributed by atoms with Gasteiger partial charge in [-0.25, -0.2) is 0 Å². The summed E-state index contributed by atoms with van der Waals surface area (Å²) in [4.78, 5) is 35.9. The predicted molar refractivity (Wildman–Crippen MR) is 140 cm³/mol. The number of ether oxygens (including phenoxy) is 2. The van der Waals surface area contributed by atoms with Crippen LogP contribution in [0.4, 0.5) is 0 Å². The van der Waals surface area contributed by atoms with Crippen LogP contribution in [0.3, 0.4) is 0 Å². The molecule has 2 saturated heterocycles. The highest BCUT2D eigenvalue weighted by atomic mass is 35.5. The van der Waals surface area contributed by atoms with E-state index in [9.17, 15) is 9.59 Å². The van der Waals surface area contributed by atoms with Crippen molar-refractivity contribution in [3.63, 3.8) is 0 Å². The minimum absolute atomic E-state index is 0. The van der Waals surface area contributed by atoms with Crippen LogP contribution < -0.4 is 9.47 Å². The second-order valence-corrected chi connectivity index (χ2v) is 9.42. The van der Waals surface area contributed by atoms with Gasteiger partial charge in [0.25, 0.3) is 0 Å². The Labute approximate surface area is 224 Å². The van der Waals surface area contributed by atoms with Crippen LogP contribution in [0.25, 0.3) is 0 Å². The van der Waals surface area contributed by atoms with Crippen molar-refractivity contribution < 1.29 is 23.6 Å². The largest absolute Gasteiger partial charge is 0.493 e. The van der Waals surface area contributed by atoms with Gasteiger partial charge in [0.15, 0.2) is 17.3 Å². The number of carbonyl (C=O) groups is 2. The van der Waals surface area contributed by atoms with Crippen molar-refractivity contribution in [3.8, 4) is 11.5 Å². The molecule has 37 heavy (non-hydrogen) atoms. The van der Waals surface area contributed by atoms with Gasteiger partial charge in [-0.1, -0.05) is 24.1 Å². The van der Waals surface area contributed by atoms with Gasteiger partial charge in [0, 0.05) is 52.1 Å². The smallest absolute Gasteiger partial charge is 0.227 e. The number of aryl methyl sites for hydroxylation is 1. The molecule has 0 N–H and O–H groups in total. The first kappa shape index (κ1) is 28.7. The van der Waals surface area contributed by atoms with Crippen molar-refractivity contribution >= 4 is 24.2 Å². The van der Waals surface area contributed by atoms with Crippen LogP contribution >= 0.6 is 12.4 Å². The van der Waals surface area contributed by atoms with Gasteiger partial charge in [-0.05, 0) is 30.5 Å². The minimum atomic E-state index is 0. The van der Waals surface area contributed by atoms with Crippen molar-refractivity contribution in [2.45, 2.75) is 51.5 Å². The summed E-state index contributed by atoms with van der Waals surface area (Å²) in [6.07, 6.45) is 5.79. The molecule has 2 fully saturated rings. The summed E-state index contributed by atoms with van der Waals surface area (Å²) in [5.41, 5.74) is 0.897. The summed E-state index contributed by atoms with van der Waals surface area (Å²) in [5.74, 6) is 2.67. The van der Waals surface area contributed by atoms with Crippen molar-refractivity contribution in [2.75, 3.05) is 53.5 Å². The maximum Gasteiger partial charge on any atom is 0.227 e. The van der Waals surface area contributed by atoms with Crippen LogP contribution in [-0.4, -0.2) is 90.1 Å². The van der Waals surface area contributed by atoms with Crippen LogP contribution in [0.15, 0.2) is 22.7 Å². The average molecular weight is 536 g/mol. The lowest BCUT2D eigenvalue weighted by molar-refractivity contribution is -0.132. The molecule has 4 rings (SSSR count). The number of halogens is 1. The first-order chi connectivity index (χ1) is 17.6. The summed E-state index contributed by atoms with van der Waals surface area (Å²) in [5, 5.41) is 4.10. The molecule has 0 bridgehead atoms. The fraction of sp³-hybridized carbons (Fsp3) is 0.615. The summed E-state index contributed by atoms with van der Waals surface area (Å²) in [7, 11) is 3.18. The Kier molecular flexibility index (Phi) is 11.0. The molecule has 2 aromatic rings. The molecule has 0 atom stereocenters. The quantitative estimate of drug-likeness (QED) is 0.483. The van der Waals surface area contributed by atoms with E-state index in [1.54, 1.807) is 14.2 Å². The molecule has 0 spiro atoms. The number of methoxy groups -OCH3 is 2. The fourth-order valence-corrected chi connectivity index (χ4v) is 4.78. The number of hydrogen-bond acceptors (Lipinski definition) is 8. The Morgan fingerprint density at radius 3 is 2.24 bits per heavy atom. The number of piperazine rings is 1. The SMILES string of the molecule is COc1ccc(CC(=O)N2CCN(Cc3noc(CCC(=O)N4CCCCCC4)n3)CC2)cc1OC.Cl. The molecular formula is C26H38ClN5O5. The van der Waals surface area contributed by atoms with E-state index < -0.39 is 0 Å². The fourth-order valence-electron chi connectivity index (χ4n) is 4.78. The Morgan fingerprint density at radius 1 is 0.892 bits per heavy atom. The molecule has 0 radical (unpaired) electrons. The predicted octanol–water partition coefficient (Wildman–Crippen LogP) is 2.73. The summed E-state index contributed by atoms with van der Waals surface area (Å²) < 4.78 is 16.0. The summed E-state index contributed by atoms with van der Waals surface area (Å²) >= 11 is 0. The minimum Gasteiger partial charge on any atom is -0.493 e. The number of carbonyl (C=O) groups excluding carboxylic acids is 2. The van der Waals surface area contributed by atoms with Crippen LogP contribution in [0.1, 0.15) is 49.4 Å². The molecular weight excluding hydrogens is 498 g/mol. The normalized spacial score (nSPS) is 16.6. The Morgan fingerprint density at radius 2 is 1.57 bits per heavy atom. The van der Waals surface area contributed by atoms with Gasteiger partial charge in [-0.2, -0.15) is 4.98 Å². The zero-order valence-electron chi connectivity index (χ0n) is 21.8. The lowest BCUT2D eigenvalue weighted by Crippen LogP contribution is -2.48. The van der Waals surface area contributed by atoms with Gasteiger partial charge in [0.1, 0.15) is 0 Å². The Balaban J connectivity index is 0.00000380. The zero-order chi connectivity index (χ0) is 25.3. The molecule has 0 aliphatic carbocycles. The number of rotatable bonds is 9. The molecule has 10 nitrogen and oxygen atoms in total. The second kappa shape index (κ2) is 14.2. The molecule has 11 heteroatoms. The van der Waals surface area contributed by atoms with Gasteiger partial charge in [0.2, 0.25) is 17.7 Å². The molecule has 0 saturated carbocycles. The van der Waals surface area contributed by atoms with Gasteiger partial charge < -0.3 is 23.8 Å². The van der Waals surface area contributed by atoms with Crippen LogP contribution in [0.5, 0.6) is 11.5 Å². The zero-order valence-corrected chi connectivity index (χ0v) is 22.6. The Hall–Kier alpha value is -2.85. The van der Waals surface area contributed by atoms with E-state index in [0.29, 0.717) is 62.1 Å². The molecule has 1 aromatic heterocycles. The van der Waals surface area contributed by atoms with Crippen LogP contribution in [-0.2, 0) is 29.0 Å². The van der Waals surface area contributed by atoms with Crippen LogP contribution in [0.2, 0.25) is 0 Å². The van der Waals surface area contributed by atoms with E-state index >= 15 is 0 Å². The second-order valence-electron chi connectivity index (χ2n) is 9.42. The van der Waals surface area contributed by atoms with Crippen molar-refractivity contribution in [3.05, 3.63) is 35.5 Å². The average Bonchev–Trinajstić information content (AvgIpc) is 3.16. The molecule has 204 valence electrons. The highest BCUT2D eigenvalue weighted by Gasteiger charge is 2.23. The van der Waals surface area contributed by atoms with E-state index in [1.807, 2.05) is 28.0 Å². The number of aromatic nitrogens is 2. The van der Waals surface area contributed by atoms with E-state index in [4.69, 9.17) is 14.0 Å². The Bertz CT molecular complexity index is 1020. The number of hydrogen-bond donors (Lipinski definition) is 0. The highest BCUT2D eigenvalue weighted by molar-refractivity contribution is 5.85. The van der Waals surface area contributed by atoms with Crippen LogP contribution in [0, 0.1) is 0 Å². The number of nitrogens with zero attached hydrogens (tertiary/aromatic N) is 5. The standard InChI is InChI=1S/C26H37N5O5.ClH/c1-34-21-8-7-20(17-22(21)35-2)18-26(33)31-15-13-29(14-16-31)19-23-27-24(36-28-23)9-10-25(32)30-11-5-3-4-6-12-30;/h7-8,17H,3-6,9-16,18-19H2,1-2H3;1H. The molecule has 2 aliphatic rings. The van der Waals surface area contributed by atoms with Gasteiger partial charge in [-0.15, -0.1) is 12.4 Å². The first-order valence-electron chi connectivity index (χ1n) is 12.9. The molecule has 2 amide bonds. The van der Waals surface area contributed by atoms with E-state index in [1.165, 1.54) is 12.8 Å². The third kappa shape index (κ3) is 8.07. The summed E-state index contributed by atoms with van der Waals surface area (Å²) in [6, 6.07) is 5.57. The van der Waals surface area contributed by atoms with Gasteiger partial charge >= 0.3 is 0 Å². The third-order valence-electron chi connectivity index (χ3n) is 6.91. The summed E-state index contributed by atoms with van der Waals surface area (Å²) in [6.45, 7) is 5.08. The van der Waals surface area contributed by atoms with Crippen molar-refractivity contribution in [1.82, 2.24) is 24.8 Å². The van der Waals surface area contributed by atoms with E-state index in [0.717, 1.165) is 44.6 Å². The van der Waals surface area contributed by atoms with Crippen molar-refractivity contribution in [1.29, 1.82) is 0 Å². The monoisotopic (exact) mass is 535 g/mol. The number of amides is 2. The topological polar surface area (TPSA) is 101 Å². The van der Waals surface area contributed by atoms with Crippen molar-refractivity contribution in [2.24, 2.45) is 0 Å². The van der Waals surface area contributed by atoms with Gasteiger partial charge in [-0.3, -0.25) is 14.5 Å². The molecule has 3 heterocycles. The lowest BCUT2D eigenvalue weighted by Gasteiger charge is -2.34. The number of likely N-dealkylation sites (tertiary alicyclic amines) is 1. The lowest BCUT2D eigenvalue weighted by atomic mass is 10.1. The molecule has 2 aliphatic heterocycles. The highest BCUT2D eigenvalue weighted by Crippen LogP contribution is 2.28. The number of benzene rings is 1. The molecule has 1 aromatic carbocycles. The molecule has 0 unspecified atom stereocenters. The van der Waals surface area contributed by atoms with Gasteiger partial charge in [0.05, 0.1) is 27.2 Å².